The highest BCUT2D eigenvalue weighted by Crippen LogP contribution is 2.60. The van der Waals surface area contributed by atoms with Crippen LogP contribution < -0.4 is 0 Å². The molecule has 0 aliphatic heterocycles. The quantitative estimate of drug-likeness (QED) is 0.411. The van der Waals surface area contributed by atoms with Crippen molar-refractivity contribution in [2.45, 2.75) is 40.7 Å². The molecule has 128 valence electrons. The number of methoxy groups -OCH3 is 1. The molecule has 5 heteroatoms. The fourth-order valence-corrected chi connectivity index (χ4v) is 3.26. The summed E-state index contributed by atoms with van der Waals surface area (Å²) in [6.45, 7) is 7.37. The van der Waals surface area contributed by atoms with Gasteiger partial charge in [0, 0.05) is 12.7 Å². The molecule has 0 unspecified atom stereocenters. The number of hydrogen-bond acceptors (Lipinski definition) is 1. The minimum Gasteiger partial charge on any atom is -0.380 e. The topological polar surface area (TPSA) is 9.23 Å². The van der Waals surface area contributed by atoms with Gasteiger partial charge in [-0.25, -0.2) is 17.6 Å². The predicted molar refractivity (Wildman–Crippen MR) is 80.9 cm³/mol. The fourth-order valence-electron chi connectivity index (χ4n) is 3.26. The summed E-state index contributed by atoms with van der Waals surface area (Å²) < 4.78 is 61.0. The maximum atomic E-state index is 14.2. The van der Waals surface area contributed by atoms with Gasteiger partial charge in [0.05, 0.1) is 12.2 Å². The summed E-state index contributed by atoms with van der Waals surface area (Å²) in [5.41, 5.74) is -0.252. The van der Waals surface area contributed by atoms with Crippen LogP contribution in [0.4, 0.5) is 17.6 Å². The van der Waals surface area contributed by atoms with Crippen LogP contribution in [-0.4, -0.2) is 7.11 Å². The van der Waals surface area contributed by atoms with Gasteiger partial charge in [0.25, 0.3) is 0 Å². The van der Waals surface area contributed by atoms with E-state index < -0.39 is 41.0 Å². The molecule has 0 bridgehead atoms. The lowest BCUT2D eigenvalue weighted by Crippen LogP contribution is -2.11. The van der Waals surface area contributed by atoms with Crippen LogP contribution in [0.2, 0.25) is 0 Å². The van der Waals surface area contributed by atoms with E-state index in [-0.39, 0.29) is 23.7 Å². The Kier molecular flexibility index (Phi) is 4.90. The molecule has 1 aromatic rings. The predicted octanol–water partition coefficient (Wildman–Crippen LogP) is 5.17. The number of hydrogen-bond donors (Lipinski definition) is 0. The van der Waals surface area contributed by atoms with E-state index in [0.717, 1.165) is 5.57 Å². The molecule has 1 saturated carbocycles. The molecule has 1 aromatic carbocycles. The van der Waals surface area contributed by atoms with E-state index in [1.807, 2.05) is 33.8 Å². The van der Waals surface area contributed by atoms with Gasteiger partial charge in [-0.3, -0.25) is 0 Å². The van der Waals surface area contributed by atoms with Crippen molar-refractivity contribution in [1.29, 1.82) is 0 Å². The van der Waals surface area contributed by atoms with Crippen LogP contribution in [0.15, 0.2) is 11.6 Å². The average molecular weight is 330 g/mol. The van der Waals surface area contributed by atoms with Crippen molar-refractivity contribution in [3.05, 3.63) is 46.0 Å². The molecule has 1 fully saturated rings. The van der Waals surface area contributed by atoms with Gasteiger partial charge in [-0.1, -0.05) is 25.5 Å². The van der Waals surface area contributed by atoms with Crippen molar-refractivity contribution < 1.29 is 22.3 Å². The highest BCUT2D eigenvalue weighted by molar-refractivity contribution is 5.32. The molecule has 0 heterocycles. The van der Waals surface area contributed by atoms with Crippen molar-refractivity contribution in [1.82, 2.24) is 0 Å². The molecule has 1 aliphatic carbocycles. The minimum absolute atomic E-state index is 0.0276. The van der Waals surface area contributed by atoms with Gasteiger partial charge >= 0.3 is 0 Å². The molecular formula is C18H22F4O. The van der Waals surface area contributed by atoms with Crippen LogP contribution in [0.25, 0.3) is 0 Å². The second-order valence-electron chi connectivity index (χ2n) is 7.05. The average Bonchev–Trinajstić information content (AvgIpc) is 2.97. The maximum Gasteiger partial charge on any atom is 0.167 e. The molecular weight excluding hydrogens is 308 g/mol. The zero-order chi connectivity index (χ0) is 17.5. The van der Waals surface area contributed by atoms with Gasteiger partial charge in [0.15, 0.2) is 23.3 Å². The van der Waals surface area contributed by atoms with Crippen molar-refractivity contribution in [2.75, 3.05) is 7.11 Å². The van der Waals surface area contributed by atoms with Crippen molar-refractivity contribution >= 4 is 0 Å². The standard InChI is InChI=1S/C18H22F4O/c1-9(2)6-12-13(18(12,3)4)7-10-14(19)16(21)11(8-23-5)17(22)15(10)20/h6,12-13H,7-8H2,1-5H3/t12-,13-/m1/s1. The second-order valence-corrected chi connectivity index (χ2v) is 7.05. The lowest BCUT2D eigenvalue weighted by molar-refractivity contribution is 0.175. The summed E-state index contributed by atoms with van der Waals surface area (Å²) in [5, 5.41) is 0. The first-order valence-corrected chi connectivity index (χ1v) is 7.60. The number of benzene rings is 1. The van der Waals surface area contributed by atoms with Crippen molar-refractivity contribution in [3.63, 3.8) is 0 Å². The van der Waals surface area contributed by atoms with Gasteiger partial charge in [-0.2, -0.15) is 0 Å². The Labute approximate surface area is 134 Å². The first-order chi connectivity index (χ1) is 10.6. The largest absolute Gasteiger partial charge is 0.380 e. The van der Waals surface area contributed by atoms with E-state index in [2.05, 4.69) is 4.74 Å². The highest BCUT2D eigenvalue weighted by Gasteiger charge is 2.56. The van der Waals surface area contributed by atoms with Crippen LogP contribution in [0.1, 0.15) is 38.8 Å². The molecule has 0 saturated heterocycles. The first-order valence-electron chi connectivity index (χ1n) is 7.60. The minimum atomic E-state index is -1.36. The normalized spacial score (nSPS) is 22.1. The van der Waals surface area contributed by atoms with Gasteiger partial charge in [-0.15, -0.1) is 0 Å². The van der Waals surface area contributed by atoms with E-state index in [1.54, 1.807) is 0 Å². The van der Waals surface area contributed by atoms with Gasteiger partial charge < -0.3 is 4.74 Å². The van der Waals surface area contributed by atoms with Crippen LogP contribution in [0.3, 0.4) is 0 Å². The van der Waals surface area contributed by atoms with E-state index in [0.29, 0.717) is 0 Å². The van der Waals surface area contributed by atoms with Gasteiger partial charge in [0.1, 0.15) is 0 Å². The monoisotopic (exact) mass is 330 g/mol. The summed E-state index contributed by atoms with van der Waals surface area (Å²) in [7, 11) is 1.21. The molecule has 0 aromatic heterocycles. The molecule has 0 N–H and O–H groups in total. The lowest BCUT2D eigenvalue weighted by atomic mass is 9.99. The molecule has 1 nitrogen and oxygen atoms in total. The fraction of sp³-hybridized carbons (Fsp3) is 0.556. The van der Waals surface area contributed by atoms with E-state index in [4.69, 9.17) is 0 Å². The number of ether oxygens (including phenoxy) is 1. The Morgan fingerprint density at radius 2 is 1.48 bits per heavy atom. The molecule has 0 radical (unpaired) electrons. The summed E-state index contributed by atoms with van der Waals surface area (Å²) in [6.07, 6.45) is 2.02. The molecule has 2 atom stereocenters. The Balaban J connectivity index is 2.37. The summed E-state index contributed by atoms with van der Waals surface area (Å²) >= 11 is 0. The summed E-state index contributed by atoms with van der Waals surface area (Å²) in [6, 6.07) is 0. The van der Waals surface area contributed by atoms with Gasteiger partial charge in [0.2, 0.25) is 0 Å². The van der Waals surface area contributed by atoms with Crippen molar-refractivity contribution in [3.8, 4) is 0 Å². The molecule has 2 rings (SSSR count). The Morgan fingerprint density at radius 3 is 1.91 bits per heavy atom. The van der Waals surface area contributed by atoms with Crippen LogP contribution in [0.5, 0.6) is 0 Å². The van der Waals surface area contributed by atoms with E-state index in [9.17, 15) is 17.6 Å². The van der Waals surface area contributed by atoms with Crippen molar-refractivity contribution in [2.24, 2.45) is 17.3 Å². The molecule has 0 spiro atoms. The summed E-state index contributed by atoms with van der Waals surface area (Å²) in [5.74, 6) is -5.25. The summed E-state index contributed by atoms with van der Waals surface area (Å²) in [4.78, 5) is 0. The number of rotatable bonds is 5. The van der Waals surface area contributed by atoms with Gasteiger partial charge in [-0.05, 0) is 37.5 Å². The highest BCUT2D eigenvalue weighted by atomic mass is 19.2. The zero-order valence-electron chi connectivity index (χ0n) is 14.1. The number of halogens is 4. The SMILES string of the molecule is COCc1c(F)c(F)c(C[C@@H]2[C@@H](C=C(C)C)C2(C)C)c(F)c1F. The number of allylic oxidation sites excluding steroid dienone is 2. The smallest absolute Gasteiger partial charge is 0.167 e. The van der Waals surface area contributed by atoms with E-state index >= 15 is 0 Å². The van der Waals surface area contributed by atoms with E-state index in [1.165, 1.54) is 7.11 Å². The third kappa shape index (κ3) is 3.16. The zero-order valence-corrected chi connectivity index (χ0v) is 14.1. The second kappa shape index (κ2) is 6.27. The lowest BCUT2D eigenvalue weighted by Gasteiger charge is -2.12. The van der Waals surface area contributed by atoms with Crippen LogP contribution in [0, 0.1) is 40.5 Å². The third-order valence-electron chi connectivity index (χ3n) is 4.81. The Morgan fingerprint density at radius 1 is 1.00 bits per heavy atom. The maximum absolute atomic E-state index is 14.2. The molecule has 1 aliphatic rings. The Bertz CT molecular complexity index is 616. The van der Waals surface area contributed by atoms with Crippen LogP contribution >= 0.6 is 0 Å². The Hall–Kier alpha value is -1.36. The molecule has 0 amide bonds. The first kappa shape index (κ1) is 18.0. The van der Waals surface area contributed by atoms with Crippen LogP contribution in [-0.2, 0) is 17.8 Å². The molecule has 23 heavy (non-hydrogen) atoms. The third-order valence-corrected chi connectivity index (χ3v) is 4.81.